The summed E-state index contributed by atoms with van der Waals surface area (Å²) in [5.74, 6) is 2.00. The standard InChI is InChI=1S/C21H18Cl2N6/c22-13-5-6-15(17(23)11-13)21-28-18-4-2-1-3-16(18)20(29-21)27-10-9-26-19-12-14(24)7-8-25-19/h1-8,11-12H,9-10H2,(H3,24,25,26)(H,27,28,29). The molecule has 29 heavy (non-hydrogen) atoms. The molecule has 146 valence electrons. The molecule has 0 saturated carbocycles. The number of fused-ring (bicyclic) bond motifs is 1. The molecule has 8 heteroatoms. The van der Waals surface area contributed by atoms with E-state index in [2.05, 4.69) is 20.6 Å². The Balaban J connectivity index is 1.57. The van der Waals surface area contributed by atoms with Crippen molar-refractivity contribution in [1.82, 2.24) is 15.0 Å². The van der Waals surface area contributed by atoms with Crippen LogP contribution in [0, 0.1) is 0 Å². The van der Waals surface area contributed by atoms with Gasteiger partial charge < -0.3 is 16.4 Å². The van der Waals surface area contributed by atoms with Crippen LogP contribution >= 0.6 is 23.2 Å². The largest absolute Gasteiger partial charge is 0.399 e. The van der Waals surface area contributed by atoms with Crippen LogP contribution in [0.1, 0.15) is 0 Å². The molecule has 0 aliphatic heterocycles. The molecule has 0 atom stereocenters. The van der Waals surface area contributed by atoms with Gasteiger partial charge in [0.25, 0.3) is 0 Å². The van der Waals surface area contributed by atoms with Crippen LogP contribution in [0.2, 0.25) is 10.0 Å². The van der Waals surface area contributed by atoms with Gasteiger partial charge in [-0.15, -0.1) is 0 Å². The molecule has 2 aromatic carbocycles. The number of nitrogens with one attached hydrogen (secondary N) is 2. The Bertz CT molecular complexity index is 1160. The molecule has 0 aliphatic carbocycles. The monoisotopic (exact) mass is 424 g/mol. The first kappa shape index (κ1) is 19.2. The molecule has 0 saturated heterocycles. The molecule has 0 bridgehead atoms. The molecular formula is C21H18Cl2N6. The molecule has 0 amide bonds. The van der Waals surface area contributed by atoms with Crippen LogP contribution in [-0.2, 0) is 0 Å². The number of hydrogen-bond donors (Lipinski definition) is 3. The van der Waals surface area contributed by atoms with E-state index in [0.717, 1.165) is 28.1 Å². The lowest BCUT2D eigenvalue weighted by Crippen LogP contribution is -2.15. The van der Waals surface area contributed by atoms with E-state index in [4.69, 9.17) is 33.9 Å². The van der Waals surface area contributed by atoms with Gasteiger partial charge in [0, 0.05) is 47.0 Å². The molecule has 0 unspecified atom stereocenters. The zero-order chi connectivity index (χ0) is 20.2. The number of benzene rings is 2. The number of para-hydroxylation sites is 1. The van der Waals surface area contributed by atoms with Crippen LogP contribution in [0.3, 0.4) is 0 Å². The van der Waals surface area contributed by atoms with Gasteiger partial charge in [0.15, 0.2) is 5.82 Å². The van der Waals surface area contributed by atoms with Gasteiger partial charge in [-0.2, -0.15) is 0 Å². The number of halogens is 2. The molecule has 2 heterocycles. The predicted molar refractivity (Wildman–Crippen MR) is 121 cm³/mol. The van der Waals surface area contributed by atoms with E-state index in [0.29, 0.717) is 34.6 Å². The summed E-state index contributed by atoms with van der Waals surface area (Å²) in [6.45, 7) is 1.27. The van der Waals surface area contributed by atoms with Crippen molar-refractivity contribution in [3.63, 3.8) is 0 Å². The van der Waals surface area contributed by atoms with Crippen LogP contribution in [0.25, 0.3) is 22.3 Å². The molecular weight excluding hydrogens is 407 g/mol. The Hall–Kier alpha value is -3.09. The number of aromatic nitrogens is 3. The van der Waals surface area contributed by atoms with Gasteiger partial charge >= 0.3 is 0 Å². The van der Waals surface area contributed by atoms with Crippen molar-refractivity contribution in [2.75, 3.05) is 29.5 Å². The van der Waals surface area contributed by atoms with E-state index in [-0.39, 0.29) is 0 Å². The third-order valence-corrected chi connectivity index (χ3v) is 4.83. The van der Waals surface area contributed by atoms with Gasteiger partial charge in [0.05, 0.1) is 10.5 Å². The highest BCUT2D eigenvalue weighted by Gasteiger charge is 2.12. The predicted octanol–water partition coefficient (Wildman–Crippen LogP) is 5.10. The maximum atomic E-state index is 6.36. The summed E-state index contributed by atoms with van der Waals surface area (Å²) in [7, 11) is 0. The third kappa shape index (κ3) is 4.50. The van der Waals surface area contributed by atoms with Gasteiger partial charge in [-0.25, -0.2) is 15.0 Å². The average Bonchev–Trinajstić information content (AvgIpc) is 2.71. The first-order chi connectivity index (χ1) is 14.1. The van der Waals surface area contributed by atoms with Gasteiger partial charge in [0.1, 0.15) is 11.6 Å². The van der Waals surface area contributed by atoms with Crippen LogP contribution < -0.4 is 16.4 Å². The second-order valence-electron chi connectivity index (χ2n) is 6.37. The SMILES string of the molecule is Nc1ccnc(NCCNc2nc(-c3ccc(Cl)cc3Cl)nc3ccccc23)c1. The van der Waals surface area contributed by atoms with Crippen LogP contribution in [0.4, 0.5) is 17.3 Å². The second kappa shape index (κ2) is 8.51. The zero-order valence-electron chi connectivity index (χ0n) is 15.4. The number of nitrogen functional groups attached to an aromatic ring is 1. The number of anilines is 3. The van der Waals surface area contributed by atoms with Crippen molar-refractivity contribution in [2.45, 2.75) is 0 Å². The highest BCUT2D eigenvalue weighted by molar-refractivity contribution is 6.36. The first-order valence-corrected chi connectivity index (χ1v) is 9.77. The second-order valence-corrected chi connectivity index (χ2v) is 7.21. The Morgan fingerprint density at radius 1 is 0.897 bits per heavy atom. The average molecular weight is 425 g/mol. The molecule has 0 radical (unpaired) electrons. The fourth-order valence-electron chi connectivity index (χ4n) is 2.92. The zero-order valence-corrected chi connectivity index (χ0v) is 16.9. The lowest BCUT2D eigenvalue weighted by Gasteiger charge is -2.12. The maximum Gasteiger partial charge on any atom is 0.163 e. The summed E-state index contributed by atoms with van der Waals surface area (Å²) in [6, 6.07) is 16.7. The van der Waals surface area contributed by atoms with E-state index in [1.54, 1.807) is 30.5 Å². The summed E-state index contributed by atoms with van der Waals surface area (Å²) < 4.78 is 0. The fourth-order valence-corrected chi connectivity index (χ4v) is 3.41. The molecule has 4 rings (SSSR count). The van der Waals surface area contributed by atoms with Crippen molar-refractivity contribution in [3.8, 4) is 11.4 Å². The van der Waals surface area contributed by atoms with Gasteiger partial charge in [-0.1, -0.05) is 35.3 Å². The van der Waals surface area contributed by atoms with E-state index in [1.807, 2.05) is 30.3 Å². The Morgan fingerprint density at radius 2 is 1.72 bits per heavy atom. The highest BCUT2D eigenvalue weighted by atomic mass is 35.5. The Kier molecular flexibility index (Phi) is 5.64. The Labute approximate surface area is 178 Å². The van der Waals surface area contributed by atoms with Crippen molar-refractivity contribution < 1.29 is 0 Å². The summed E-state index contributed by atoms with van der Waals surface area (Å²) >= 11 is 12.4. The number of pyridine rings is 1. The summed E-state index contributed by atoms with van der Waals surface area (Å²) in [6.07, 6.45) is 1.67. The minimum absolute atomic E-state index is 0.508. The van der Waals surface area contributed by atoms with E-state index < -0.39 is 0 Å². The summed E-state index contributed by atoms with van der Waals surface area (Å²) in [4.78, 5) is 13.6. The van der Waals surface area contributed by atoms with Gasteiger partial charge in [-0.05, 0) is 36.4 Å². The molecule has 6 nitrogen and oxygen atoms in total. The van der Waals surface area contributed by atoms with E-state index in [9.17, 15) is 0 Å². The normalized spacial score (nSPS) is 10.8. The maximum absolute atomic E-state index is 6.36. The minimum Gasteiger partial charge on any atom is -0.399 e. The number of nitrogens with two attached hydrogens (primary N) is 1. The molecule has 0 fully saturated rings. The number of rotatable bonds is 6. The molecule has 0 spiro atoms. The van der Waals surface area contributed by atoms with Crippen molar-refractivity contribution >= 4 is 51.4 Å². The third-order valence-electron chi connectivity index (χ3n) is 4.28. The van der Waals surface area contributed by atoms with Gasteiger partial charge in [-0.3, -0.25) is 0 Å². The smallest absolute Gasteiger partial charge is 0.163 e. The van der Waals surface area contributed by atoms with E-state index >= 15 is 0 Å². The Morgan fingerprint density at radius 3 is 2.55 bits per heavy atom. The number of nitrogens with zero attached hydrogens (tertiary/aromatic N) is 3. The lowest BCUT2D eigenvalue weighted by molar-refractivity contribution is 1.04. The molecule has 0 aliphatic rings. The van der Waals surface area contributed by atoms with Crippen LogP contribution in [0.5, 0.6) is 0 Å². The molecule has 2 aromatic heterocycles. The van der Waals surface area contributed by atoms with Crippen molar-refractivity contribution in [2.24, 2.45) is 0 Å². The quantitative estimate of drug-likeness (QED) is 0.373. The number of hydrogen-bond acceptors (Lipinski definition) is 6. The topological polar surface area (TPSA) is 88.8 Å². The van der Waals surface area contributed by atoms with Crippen molar-refractivity contribution in [3.05, 3.63) is 70.8 Å². The van der Waals surface area contributed by atoms with E-state index in [1.165, 1.54) is 0 Å². The van der Waals surface area contributed by atoms with Crippen molar-refractivity contribution in [1.29, 1.82) is 0 Å². The van der Waals surface area contributed by atoms with Crippen LogP contribution in [0.15, 0.2) is 60.8 Å². The fraction of sp³-hybridized carbons (Fsp3) is 0.0952. The molecule has 4 aromatic rings. The molecule has 4 N–H and O–H groups in total. The minimum atomic E-state index is 0.508. The van der Waals surface area contributed by atoms with Crippen LogP contribution in [-0.4, -0.2) is 28.0 Å². The first-order valence-electron chi connectivity index (χ1n) is 9.01. The summed E-state index contributed by atoms with van der Waals surface area (Å²) in [5.41, 5.74) is 8.00. The summed E-state index contributed by atoms with van der Waals surface area (Å²) in [5, 5.41) is 8.61. The lowest BCUT2D eigenvalue weighted by atomic mass is 10.2. The highest BCUT2D eigenvalue weighted by Crippen LogP contribution is 2.31. The van der Waals surface area contributed by atoms with Gasteiger partial charge in [0.2, 0.25) is 0 Å².